The molecule has 2 amide bonds. The van der Waals surface area contributed by atoms with E-state index in [2.05, 4.69) is 69.0 Å². The van der Waals surface area contributed by atoms with Crippen LogP contribution in [-0.2, 0) is 0 Å². The summed E-state index contributed by atoms with van der Waals surface area (Å²) in [5.41, 5.74) is 6.25. The van der Waals surface area contributed by atoms with Gasteiger partial charge >= 0.3 is 0 Å². The van der Waals surface area contributed by atoms with Crippen LogP contribution < -0.4 is 10.6 Å². The van der Waals surface area contributed by atoms with Crippen molar-refractivity contribution in [2.45, 2.75) is 126 Å². The second-order valence-corrected chi connectivity index (χ2v) is 16.1. The Hall–Kier alpha value is -3.42. The van der Waals surface area contributed by atoms with Gasteiger partial charge in [-0.05, 0) is 149 Å². The average molecular weight is 661 g/mol. The van der Waals surface area contributed by atoms with Gasteiger partial charge in [-0.1, -0.05) is 48.5 Å². The predicted octanol–water partition coefficient (Wildman–Crippen LogP) is 8.42. The lowest BCUT2D eigenvalue weighted by Crippen LogP contribution is -2.38. The van der Waals surface area contributed by atoms with Crippen molar-refractivity contribution in [3.8, 4) is 0 Å². The number of carbonyl (C=O) groups is 2. The van der Waals surface area contributed by atoms with Crippen molar-refractivity contribution in [2.24, 2.45) is 11.8 Å². The van der Waals surface area contributed by atoms with Crippen molar-refractivity contribution in [2.75, 3.05) is 13.1 Å². The molecule has 4 aliphatic heterocycles. The highest BCUT2D eigenvalue weighted by molar-refractivity contribution is 5.95. The fraction of sp³-hybridized carbons (Fsp3) is 0.571. The maximum atomic E-state index is 13.1. The van der Waals surface area contributed by atoms with Crippen LogP contribution in [0.4, 0.5) is 0 Å². The topological polar surface area (TPSA) is 77.8 Å². The minimum atomic E-state index is -0.205. The zero-order valence-electron chi connectivity index (χ0n) is 28.8. The summed E-state index contributed by atoms with van der Waals surface area (Å²) in [4.78, 5) is 31.6. The highest BCUT2D eigenvalue weighted by atomic mass is 16.4. The number of amides is 2. The van der Waals surface area contributed by atoms with Crippen molar-refractivity contribution >= 4 is 11.8 Å². The molecule has 49 heavy (non-hydrogen) atoms. The predicted molar refractivity (Wildman–Crippen MR) is 190 cm³/mol. The number of fused-ring (bicyclic) bond motifs is 10. The molecule has 2 saturated carbocycles. The van der Waals surface area contributed by atoms with Gasteiger partial charge in [0.1, 0.15) is 0 Å². The number of furan rings is 1. The van der Waals surface area contributed by atoms with Crippen LogP contribution in [0.3, 0.4) is 0 Å². The van der Waals surface area contributed by atoms with Crippen LogP contribution in [0, 0.1) is 11.8 Å². The molecule has 4 atom stereocenters. The molecule has 7 nitrogen and oxygen atoms in total. The Labute approximate surface area is 291 Å². The molecule has 4 fully saturated rings. The summed E-state index contributed by atoms with van der Waals surface area (Å²) in [7, 11) is 0. The molecule has 2 saturated heterocycles. The summed E-state index contributed by atoms with van der Waals surface area (Å²) >= 11 is 0. The first-order valence-corrected chi connectivity index (χ1v) is 19.5. The highest BCUT2D eigenvalue weighted by Gasteiger charge is 2.44. The largest absolute Gasteiger partial charge is 0.446 e. The van der Waals surface area contributed by atoms with Gasteiger partial charge in [0.05, 0.1) is 0 Å². The molecular weight excluding hydrogens is 608 g/mol. The summed E-state index contributed by atoms with van der Waals surface area (Å²) in [5.74, 6) is 1.51. The number of carbonyl (C=O) groups excluding carboxylic acids is 2. The van der Waals surface area contributed by atoms with Crippen molar-refractivity contribution in [3.63, 3.8) is 0 Å². The van der Waals surface area contributed by atoms with Gasteiger partial charge in [-0.15, -0.1) is 0 Å². The van der Waals surface area contributed by atoms with Gasteiger partial charge in [0.2, 0.25) is 0 Å². The van der Waals surface area contributed by atoms with Gasteiger partial charge in [-0.3, -0.25) is 19.4 Å². The number of nitrogens with zero attached hydrogens (tertiary/aromatic N) is 2. The zero-order chi connectivity index (χ0) is 32.9. The smallest absolute Gasteiger partial charge is 0.287 e. The monoisotopic (exact) mass is 660 g/mol. The third-order valence-electron chi connectivity index (χ3n) is 13.5. The highest BCUT2D eigenvalue weighted by Crippen LogP contribution is 2.54. The molecule has 6 aliphatic rings. The quantitative estimate of drug-likeness (QED) is 0.228. The standard InChI is InChI=1S/C42H52N4O3/c47-41(43-29-13-9-27(10-14-29)23-25-45-35-17-18-36(45)32-6-2-1-5-31(32)35)39-21-22-40(49-39)42(48)44-30-15-11-28(12-16-30)24-26-46-37-19-20-38(46)34-8-4-3-7-33(34)37/h1-8,21-22,27-30,35-38H,9-20,23-26H2,(H,43,47)(H,44,48). The van der Waals surface area contributed by atoms with Crippen LogP contribution in [0.2, 0.25) is 0 Å². The van der Waals surface area contributed by atoms with E-state index in [4.69, 9.17) is 4.42 Å². The minimum Gasteiger partial charge on any atom is -0.446 e. The van der Waals surface area contributed by atoms with Gasteiger partial charge in [-0.2, -0.15) is 0 Å². The Bertz CT molecular complexity index is 1490. The van der Waals surface area contributed by atoms with E-state index in [-0.39, 0.29) is 35.4 Å². The Morgan fingerprint density at radius 1 is 0.510 bits per heavy atom. The normalized spacial score (nSPS) is 31.8. The van der Waals surface area contributed by atoms with Crippen molar-refractivity contribution < 1.29 is 14.0 Å². The molecule has 1 aromatic heterocycles. The summed E-state index contributed by atoms with van der Waals surface area (Å²) in [6, 6.07) is 24.2. The van der Waals surface area contributed by atoms with Gasteiger partial charge in [-0.25, -0.2) is 0 Å². The molecule has 4 bridgehead atoms. The zero-order valence-corrected chi connectivity index (χ0v) is 28.8. The first-order chi connectivity index (χ1) is 24.1. The summed E-state index contributed by atoms with van der Waals surface area (Å²) < 4.78 is 5.79. The van der Waals surface area contributed by atoms with Gasteiger partial charge in [0.25, 0.3) is 11.8 Å². The van der Waals surface area contributed by atoms with Crippen molar-refractivity contribution in [3.05, 3.63) is 94.4 Å². The van der Waals surface area contributed by atoms with E-state index >= 15 is 0 Å². The van der Waals surface area contributed by atoms with Crippen LogP contribution in [0.5, 0.6) is 0 Å². The molecule has 4 unspecified atom stereocenters. The lowest BCUT2D eigenvalue weighted by atomic mass is 9.84. The number of hydrogen-bond donors (Lipinski definition) is 2. The van der Waals surface area contributed by atoms with Crippen LogP contribution >= 0.6 is 0 Å². The second kappa shape index (κ2) is 13.4. The number of benzene rings is 2. The third-order valence-corrected chi connectivity index (χ3v) is 13.5. The summed E-state index contributed by atoms with van der Waals surface area (Å²) in [6.45, 7) is 2.36. The Morgan fingerprint density at radius 3 is 1.20 bits per heavy atom. The first-order valence-electron chi connectivity index (χ1n) is 19.5. The Morgan fingerprint density at radius 2 is 0.857 bits per heavy atom. The summed E-state index contributed by atoms with van der Waals surface area (Å²) in [5, 5.41) is 6.39. The lowest BCUT2D eigenvalue weighted by molar-refractivity contribution is 0.0865. The fourth-order valence-corrected chi connectivity index (χ4v) is 10.9. The maximum Gasteiger partial charge on any atom is 0.287 e. The average Bonchev–Trinajstić information content (AvgIpc) is 3.98. The molecule has 2 N–H and O–H groups in total. The molecule has 2 aromatic carbocycles. The molecule has 2 aliphatic carbocycles. The van der Waals surface area contributed by atoms with E-state index in [9.17, 15) is 9.59 Å². The molecule has 0 radical (unpaired) electrons. The first kappa shape index (κ1) is 31.6. The van der Waals surface area contributed by atoms with Gasteiger partial charge in [0, 0.05) is 36.3 Å². The van der Waals surface area contributed by atoms with E-state index in [0.29, 0.717) is 24.2 Å². The number of nitrogens with one attached hydrogen (secondary N) is 2. The van der Waals surface area contributed by atoms with E-state index in [1.807, 2.05) is 0 Å². The van der Waals surface area contributed by atoms with Crippen LogP contribution in [0.15, 0.2) is 65.1 Å². The minimum absolute atomic E-state index is 0.171. The molecular formula is C42H52N4O3. The number of rotatable bonds is 10. The SMILES string of the molecule is O=C(NC1CCC(CCN2C3CCC2c2ccccc23)CC1)c1ccc(C(=O)NC2CCC(CCN3C4CCC3c3ccccc34)CC2)o1. The maximum absolute atomic E-state index is 13.1. The van der Waals surface area contributed by atoms with Crippen LogP contribution in [0.25, 0.3) is 0 Å². The molecule has 9 rings (SSSR count). The lowest BCUT2D eigenvalue weighted by Gasteiger charge is -2.31. The molecule has 5 heterocycles. The Kier molecular flexibility index (Phi) is 8.61. The van der Waals surface area contributed by atoms with Crippen LogP contribution in [0.1, 0.15) is 157 Å². The third kappa shape index (κ3) is 6.05. The van der Waals surface area contributed by atoms with Crippen LogP contribution in [-0.4, -0.2) is 46.8 Å². The van der Waals surface area contributed by atoms with Gasteiger partial charge in [0.15, 0.2) is 11.5 Å². The molecule has 258 valence electrons. The van der Waals surface area contributed by atoms with E-state index in [1.54, 1.807) is 34.4 Å². The molecule has 0 spiro atoms. The summed E-state index contributed by atoms with van der Waals surface area (Å²) in [6.07, 6.45) is 16.3. The van der Waals surface area contributed by atoms with Gasteiger partial charge < -0.3 is 15.1 Å². The van der Waals surface area contributed by atoms with Crippen molar-refractivity contribution in [1.82, 2.24) is 20.4 Å². The van der Waals surface area contributed by atoms with E-state index in [1.165, 1.54) is 51.6 Å². The molecule has 7 heteroatoms. The Balaban J connectivity index is 0.683. The van der Waals surface area contributed by atoms with E-state index in [0.717, 1.165) is 63.2 Å². The van der Waals surface area contributed by atoms with Crippen molar-refractivity contribution in [1.29, 1.82) is 0 Å². The van der Waals surface area contributed by atoms with E-state index < -0.39 is 0 Å². The number of hydrogen-bond acceptors (Lipinski definition) is 5. The molecule has 3 aromatic rings. The second-order valence-electron chi connectivity index (χ2n) is 16.1. The fourth-order valence-electron chi connectivity index (χ4n) is 10.9.